The summed E-state index contributed by atoms with van der Waals surface area (Å²) < 4.78 is 0. The van der Waals surface area contributed by atoms with Crippen LogP contribution in [-0.4, -0.2) is 42.4 Å². The topological polar surface area (TPSA) is 3.24 Å². The SMILES string of the molecule is CSCCCN1CCC(CCCl)C1. The van der Waals surface area contributed by atoms with Crippen molar-refractivity contribution in [3.8, 4) is 0 Å². The molecule has 0 saturated carbocycles. The van der Waals surface area contributed by atoms with Gasteiger partial charge in [-0.05, 0) is 50.3 Å². The van der Waals surface area contributed by atoms with Crippen molar-refractivity contribution in [3.63, 3.8) is 0 Å². The number of likely N-dealkylation sites (tertiary alicyclic amines) is 1. The minimum atomic E-state index is 0.837. The van der Waals surface area contributed by atoms with E-state index in [-0.39, 0.29) is 0 Å². The Morgan fingerprint density at radius 1 is 1.54 bits per heavy atom. The molecule has 1 aliphatic rings. The summed E-state index contributed by atoms with van der Waals surface area (Å²) in [6, 6.07) is 0. The lowest BCUT2D eigenvalue weighted by Crippen LogP contribution is -2.22. The fraction of sp³-hybridized carbons (Fsp3) is 1.00. The molecule has 0 aliphatic carbocycles. The zero-order valence-corrected chi connectivity index (χ0v) is 10.0. The van der Waals surface area contributed by atoms with Gasteiger partial charge in [-0.2, -0.15) is 11.8 Å². The zero-order valence-electron chi connectivity index (χ0n) is 8.47. The van der Waals surface area contributed by atoms with Crippen LogP contribution in [0.1, 0.15) is 19.3 Å². The minimum Gasteiger partial charge on any atom is -0.303 e. The molecule has 0 N–H and O–H groups in total. The first kappa shape index (κ1) is 11.7. The van der Waals surface area contributed by atoms with Crippen LogP contribution < -0.4 is 0 Å². The van der Waals surface area contributed by atoms with E-state index < -0.39 is 0 Å². The number of halogens is 1. The van der Waals surface area contributed by atoms with Gasteiger partial charge in [0, 0.05) is 12.4 Å². The van der Waals surface area contributed by atoms with Gasteiger partial charge in [-0.1, -0.05) is 0 Å². The summed E-state index contributed by atoms with van der Waals surface area (Å²) in [5.74, 6) is 3.02. The van der Waals surface area contributed by atoms with Gasteiger partial charge < -0.3 is 4.90 Å². The summed E-state index contributed by atoms with van der Waals surface area (Å²) in [7, 11) is 0. The number of hydrogen-bond donors (Lipinski definition) is 0. The molecule has 13 heavy (non-hydrogen) atoms. The highest BCUT2D eigenvalue weighted by molar-refractivity contribution is 7.98. The highest BCUT2D eigenvalue weighted by Crippen LogP contribution is 2.20. The third-order valence-electron chi connectivity index (χ3n) is 2.71. The maximum Gasteiger partial charge on any atom is 0.0226 e. The minimum absolute atomic E-state index is 0.837. The van der Waals surface area contributed by atoms with Crippen LogP contribution in [0, 0.1) is 5.92 Å². The molecule has 0 radical (unpaired) electrons. The molecule has 78 valence electrons. The Hall–Kier alpha value is 0.600. The lowest BCUT2D eigenvalue weighted by atomic mass is 10.1. The van der Waals surface area contributed by atoms with E-state index in [1.165, 1.54) is 44.6 Å². The third kappa shape index (κ3) is 4.57. The van der Waals surface area contributed by atoms with Crippen LogP contribution in [0.2, 0.25) is 0 Å². The number of alkyl halides is 1. The molecule has 1 rings (SSSR count). The van der Waals surface area contributed by atoms with E-state index in [9.17, 15) is 0 Å². The van der Waals surface area contributed by atoms with Gasteiger partial charge in [-0.3, -0.25) is 0 Å². The Labute approximate surface area is 91.2 Å². The molecule has 0 amide bonds. The molecule has 0 spiro atoms. The number of thioether (sulfide) groups is 1. The molecule has 3 heteroatoms. The zero-order chi connectivity index (χ0) is 9.52. The fourth-order valence-electron chi connectivity index (χ4n) is 1.94. The standard InChI is InChI=1S/C10H20ClNS/c1-13-8-2-6-12-7-4-10(9-12)3-5-11/h10H,2-9H2,1H3. The van der Waals surface area contributed by atoms with Crippen LogP contribution in [0.25, 0.3) is 0 Å². The molecule has 0 aromatic heterocycles. The van der Waals surface area contributed by atoms with E-state index >= 15 is 0 Å². The van der Waals surface area contributed by atoms with E-state index in [1.807, 2.05) is 11.8 Å². The molecule has 1 unspecified atom stereocenters. The molecule has 1 fully saturated rings. The van der Waals surface area contributed by atoms with Crippen molar-refractivity contribution < 1.29 is 0 Å². The summed E-state index contributed by atoms with van der Waals surface area (Å²) >= 11 is 7.68. The number of hydrogen-bond acceptors (Lipinski definition) is 2. The quantitative estimate of drug-likeness (QED) is 0.501. The molecule has 1 saturated heterocycles. The van der Waals surface area contributed by atoms with Crippen molar-refractivity contribution in [1.82, 2.24) is 4.90 Å². The Morgan fingerprint density at radius 2 is 2.38 bits per heavy atom. The van der Waals surface area contributed by atoms with Gasteiger partial charge >= 0.3 is 0 Å². The summed E-state index contributed by atoms with van der Waals surface area (Å²) in [4.78, 5) is 2.59. The van der Waals surface area contributed by atoms with Crippen LogP contribution in [-0.2, 0) is 0 Å². The van der Waals surface area contributed by atoms with Crippen LogP contribution in [0.4, 0.5) is 0 Å². The normalized spacial score (nSPS) is 24.0. The second kappa shape index (κ2) is 6.97. The highest BCUT2D eigenvalue weighted by atomic mass is 35.5. The molecule has 0 bridgehead atoms. The average Bonchev–Trinajstić information content (AvgIpc) is 2.54. The number of rotatable bonds is 6. The van der Waals surface area contributed by atoms with Gasteiger partial charge in [0.1, 0.15) is 0 Å². The Morgan fingerprint density at radius 3 is 3.08 bits per heavy atom. The van der Waals surface area contributed by atoms with Crippen molar-refractivity contribution >= 4 is 23.4 Å². The number of nitrogens with zero attached hydrogens (tertiary/aromatic N) is 1. The van der Waals surface area contributed by atoms with Crippen LogP contribution >= 0.6 is 23.4 Å². The first-order chi connectivity index (χ1) is 6.36. The van der Waals surface area contributed by atoms with Gasteiger partial charge in [0.15, 0.2) is 0 Å². The van der Waals surface area contributed by atoms with E-state index in [0.29, 0.717) is 0 Å². The van der Waals surface area contributed by atoms with Crippen molar-refractivity contribution in [2.45, 2.75) is 19.3 Å². The summed E-state index contributed by atoms with van der Waals surface area (Å²) in [6.07, 6.45) is 6.10. The smallest absolute Gasteiger partial charge is 0.0226 e. The lowest BCUT2D eigenvalue weighted by Gasteiger charge is -2.14. The van der Waals surface area contributed by atoms with Crippen LogP contribution in [0.3, 0.4) is 0 Å². The second-order valence-electron chi connectivity index (χ2n) is 3.78. The monoisotopic (exact) mass is 221 g/mol. The van der Waals surface area contributed by atoms with Crippen molar-refractivity contribution in [2.75, 3.05) is 37.5 Å². The van der Waals surface area contributed by atoms with Crippen LogP contribution in [0.5, 0.6) is 0 Å². The molecule has 0 aromatic carbocycles. The molecule has 1 heterocycles. The molecular weight excluding hydrogens is 202 g/mol. The third-order valence-corrected chi connectivity index (χ3v) is 3.63. The summed E-state index contributed by atoms with van der Waals surface area (Å²) in [5, 5.41) is 0. The first-order valence-electron chi connectivity index (χ1n) is 5.14. The van der Waals surface area contributed by atoms with E-state index in [4.69, 9.17) is 11.6 Å². The van der Waals surface area contributed by atoms with E-state index in [2.05, 4.69) is 11.2 Å². The maximum atomic E-state index is 5.73. The van der Waals surface area contributed by atoms with Gasteiger partial charge in [-0.25, -0.2) is 0 Å². The van der Waals surface area contributed by atoms with Gasteiger partial charge in [-0.15, -0.1) is 11.6 Å². The highest BCUT2D eigenvalue weighted by Gasteiger charge is 2.20. The largest absolute Gasteiger partial charge is 0.303 e. The van der Waals surface area contributed by atoms with Crippen molar-refractivity contribution in [1.29, 1.82) is 0 Å². The van der Waals surface area contributed by atoms with Crippen molar-refractivity contribution in [3.05, 3.63) is 0 Å². The van der Waals surface area contributed by atoms with E-state index in [0.717, 1.165) is 11.8 Å². The van der Waals surface area contributed by atoms with Crippen molar-refractivity contribution in [2.24, 2.45) is 5.92 Å². The van der Waals surface area contributed by atoms with Gasteiger partial charge in [0.2, 0.25) is 0 Å². The molecule has 1 nitrogen and oxygen atoms in total. The summed E-state index contributed by atoms with van der Waals surface area (Å²) in [5.41, 5.74) is 0. The first-order valence-corrected chi connectivity index (χ1v) is 7.07. The Kier molecular flexibility index (Phi) is 6.26. The lowest BCUT2D eigenvalue weighted by molar-refractivity contribution is 0.324. The molecule has 1 aliphatic heterocycles. The average molecular weight is 222 g/mol. The van der Waals surface area contributed by atoms with Gasteiger partial charge in [0.25, 0.3) is 0 Å². The summed E-state index contributed by atoms with van der Waals surface area (Å²) in [6.45, 7) is 3.89. The van der Waals surface area contributed by atoms with Crippen LogP contribution in [0.15, 0.2) is 0 Å². The Balaban J connectivity index is 2.03. The Bertz CT molecular complexity index is 132. The van der Waals surface area contributed by atoms with E-state index in [1.54, 1.807) is 0 Å². The molecule has 0 aromatic rings. The molecule has 1 atom stereocenters. The second-order valence-corrected chi connectivity index (χ2v) is 5.14. The molecular formula is C10H20ClNS. The fourth-order valence-corrected chi connectivity index (χ4v) is 2.66. The van der Waals surface area contributed by atoms with Gasteiger partial charge in [0.05, 0.1) is 0 Å². The maximum absolute atomic E-state index is 5.73. The predicted octanol–water partition coefficient (Wildman–Crippen LogP) is 2.69. The predicted molar refractivity (Wildman–Crippen MR) is 62.9 cm³/mol.